The second-order valence-electron chi connectivity index (χ2n) is 4.69. The summed E-state index contributed by atoms with van der Waals surface area (Å²) in [6.07, 6.45) is 0. The molecule has 0 saturated carbocycles. The molecule has 1 aromatic carbocycles. The highest BCUT2D eigenvalue weighted by Crippen LogP contribution is 2.11. The molecule has 0 aliphatic heterocycles. The molecular formula is C15H20N2O. The van der Waals surface area contributed by atoms with E-state index in [1.165, 1.54) is 5.39 Å². The number of fused-ring (bicyclic) bond motifs is 1. The predicted molar refractivity (Wildman–Crippen MR) is 74.5 cm³/mol. The van der Waals surface area contributed by atoms with Crippen LogP contribution in [0.1, 0.15) is 12.6 Å². The molecule has 0 amide bonds. The lowest BCUT2D eigenvalue weighted by atomic mass is 10.2. The number of nitrogens with one attached hydrogen (secondary N) is 1. The number of para-hydroxylation sites is 1. The Kier molecular flexibility index (Phi) is 4.67. The van der Waals surface area contributed by atoms with Crippen LogP contribution in [0.3, 0.4) is 0 Å². The molecule has 0 spiro atoms. The summed E-state index contributed by atoms with van der Waals surface area (Å²) in [7, 11) is 1.74. The van der Waals surface area contributed by atoms with Gasteiger partial charge in [-0.05, 0) is 18.1 Å². The van der Waals surface area contributed by atoms with Gasteiger partial charge in [0.15, 0.2) is 0 Å². The van der Waals surface area contributed by atoms with Crippen molar-refractivity contribution >= 4 is 10.9 Å². The van der Waals surface area contributed by atoms with Gasteiger partial charge in [-0.25, -0.2) is 0 Å². The van der Waals surface area contributed by atoms with Gasteiger partial charge in [0.25, 0.3) is 0 Å². The van der Waals surface area contributed by atoms with Gasteiger partial charge < -0.3 is 10.1 Å². The molecular weight excluding hydrogens is 224 g/mol. The van der Waals surface area contributed by atoms with E-state index in [0.717, 1.165) is 30.9 Å². The molecule has 96 valence electrons. The molecule has 0 radical (unpaired) electrons. The van der Waals surface area contributed by atoms with Crippen LogP contribution in [0.2, 0.25) is 0 Å². The molecule has 3 heteroatoms. The van der Waals surface area contributed by atoms with Gasteiger partial charge in [0.1, 0.15) is 0 Å². The molecule has 1 heterocycles. The topological polar surface area (TPSA) is 34.1 Å². The molecule has 2 aromatic rings. The van der Waals surface area contributed by atoms with Crippen molar-refractivity contribution in [2.24, 2.45) is 5.92 Å². The standard InChI is InChI=1S/C15H20N2O/c1-12(11-18-2)9-16-10-14-8-7-13-5-3-4-6-15(13)17-14/h3-8,12,16H,9-11H2,1-2H3. The van der Waals surface area contributed by atoms with Gasteiger partial charge in [-0.2, -0.15) is 0 Å². The van der Waals surface area contributed by atoms with Gasteiger partial charge in [-0.1, -0.05) is 31.2 Å². The van der Waals surface area contributed by atoms with E-state index in [4.69, 9.17) is 4.74 Å². The minimum Gasteiger partial charge on any atom is -0.384 e. The molecule has 3 nitrogen and oxygen atoms in total. The molecule has 18 heavy (non-hydrogen) atoms. The monoisotopic (exact) mass is 244 g/mol. The molecule has 1 aromatic heterocycles. The third kappa shape index (κ3) is 3.52. The van der Waals surface area contributed by atoms with Crippen LogP contribution in [0.15, 0.2) is 36.4 Å². The van der Waals surface area contributed by atoms with E-state index in [2.05, 4.69) is 35.4 Å². The smallest absolute Gasteiger partial charge is 0.0705 e. The molecule has 0 aliphatic rings. The zero-order valence-corrected chi connectivity index (χ0v) is 11.0. The summed E-state index contributed by atoms with van der Waals surface area (Å²) >= 11 is 0. The first-order chi connectivity index (χ1) is 8.79. The molecule has 2 rings (SSSR count). The van der Waals surface area contributed by atoms with Crippen LogP contribution >= 0.6 is 0 Å². The summed E-state index contributed by atoms with van der Waals surface area (Å²) in [6, 6.07) is 12.4. The molecule has 0 aliphatic carbocycles. The molecule has 0 bridgehead atoms. The quantitative estimate of drug-likeness (QED) is 0.848. The third-order valence-electron chi connectivity index (χ3n) is 2.91. The van der Waals surface area contributed by atoms with E-state index < -0.39 is 0 Å². The van der Waals surface area contributed by atoms with Gasteiger partial charge >= 0.3 is 0 Å². The fraction of sp³-hybridized carbons (Fsp3) is 0.400. The van der Waals surface area contributed by atoms with Crippen molar-refractivity contribution in [1.29, 1.82) is 0 Å². The first-order valence-corrected chi connectivity index (χ1v) is 6.34. The Hall–Kier alpha value is -1.45. The largest absolute Gasteiger partial charge is 0.384 e. The maximum atomic E-state index is 5.11. The van der Waals surface area contributed by atoms with E-state index in [0.29, 0.717) is 5.92 Å². The maximum absolute atomic E-state index is 5.11. The summed E-state index contributed by atoms with van der Waals surface area (Å²) in [6.45, 7) is 4.71. The van der Waals surface area contributed by atoms with E-state index in [1.807, 2.05) is 18.2 Å². The van der Waals surface area contributed by atoms with E-state index in [1.54, 1.807) is 7.11 Å². The van der Waals surface area contributed by atoms with Crippen molar-refractivity contribution in [1.82, 2.24) is 10.3 Å². The number of methoxy groups -OCH3 is 1. The zero-order valence-electron chi connectivity index (χ0n) is 11.0. The first-order valence-electron chi connectivity index (χ1n) is 6.34. The lowest BCUT2D eigenvalue weighted by Crippen LogP contribution is -2.23. The molecule has 0 fully saturated rings. The second-order valence-corrected chi connectivity index (χ2v) is 4.69. The zero-order chi connectivity index (χ0) is 12.8. The fourth-order valence-corrected chi connectivity index (χ4v) is 2.00. The number of rotatable bonds is 6. The lowest BCUT2D eigenvalue weighted by Gasteiger charge is -2.11. The Balaban J connectivity index is 1.91. The van der Waals surface area contributed by atoms with E-state index in [-0.39, 0.29) is 0 Å². The highest BCUT2D eigenvalue weighted by atomic mass is 16.5. The average molecular weight is 244 g/mol. The van der Waals surface area contributed by atoms with Crippen LogP contribution in [0.5, 0.6) is 0 Å². The van der Waals surface area contributed by atoms with E-state index in [9.17, 15) is 0 Å². The van der Waals surface area contributed by atoms with Crippen LogP contribution in [-0.4, -0.2) is 25.2 Å². The summed E-state index contributed by atoms with van der Waals surface area (Å²) in [5, 5.41) is 4.60. The lowest BCUT2D eigenvalue weighted by molar-refractivity contribution is 0.158. The van der Waals surface area contributed by atoms with Crippen molar-refractivity contribution in [3.63, 3.8) is 0 Å². The van der Waals surface area contributed by atoms with Crippen molar-refractivity contribution < 1.29 is 4.74 Å². The van der Waals surface area contributed by atoms with Crippen LogP contribution in [0.25, 0.3) is 10.9 Å². The summed E-state index contributed by atoms with van der Waals surface area (Å²) in [5.74, 6) is 0.524. The van der Waals surface area contributed by atoms with Crippen molar-refractivity contribution in [3.05, 3.63) is 42.1 Å². The number of hydrogen-bond donors (Lipinski definition) is 1. The van der Waals surface area contributed by atoms with Crippen LogP contribution < -0.4 is 5.32 Å². The number of pyridine rings is 1. The fourth-order valence-electron chi connectivity index (χ4n) is 2.00. The SMILES string of the molecule is COCC(C)CNCc1ccc2ccccc2n1. The van der Waals surface area contributed by atoms with Gasteiger partial charge in [0.05, 0.1) is 11.2 Å². The van der Waals surface area contributed by atoms with Crippen LogP contribution in [-0.2, 0) is 11.3 Å². The highest BCUT2D eigenvalue weighted by Gasteiger charge is 2.01. The maximum Gasteiger partial charge on any atom is 0.0705 e. The number of aromatic nitrogens is 1. The van der Waals surface area contributed by atoms with Gasteiger partial charge in [-0.15, -0.1) is 0 Å². The van der Waals surface area contributed by atoms with E-state index >= 15 is 0 Å². The molecule has 1 N–H and O–H groups in total. The Morgan fingerprint density at radius 3 is 2.89 bits per heavy atom. The summed E-state index contributed by atoms with van der Waals surface area (Å²) in [4.78, 5) is 4.62. The molecule has 1 atom stereocenters. The van der Waals surface area contributed by atoms with Crippen molar-refractivity contribution in [3.8, 4) is 0 Å². The number of nitrogens with zero attached hydrogens (tertiary/aromatic N) is 1. The first kappa shape index (κ1) is 13.0. The van der Waals surface area contributed by atoms with Gasteiger partial charge in [0, 0.05) is 32.2 Å². The second kappa shape index (κ2) is 6.47. The van der Waals surface area contributed by atoms with Gasteiger partial charge in [0.2, 0.25) is 0 Å². The molecule has 1 unspecified atom stereocenters. The summed E-state index contributed by atoms with van der Waals surface area (Å²) < 4.78 is 5.11. The van der Waals surface area contributed by atoms with Crippen LogP contribution in [0.4, 0.5) is 0 Å². The highest BCUT2D eigenvalue weighted by molar-refractivity contribution is 5.78. The predicted octanol–water partition coefficient (Wildman–Crippen LogP) is 2.61. The Bertz CT molecular complexity index is 499. The van der Waals surface area contributed by atoms with Gasteiger partial charge in [-0.3, -0.25) is 4.98 Å². The van der Waals surface area contributed by atoms with Crippen LogP contribution in [0, 0.1) is 5.92 Å². The summed E-state index contributed by atoms with van der Waals surface area (Å²) in [5.41, 5.74) is 2.14. The minimum absolute atomic E-state index is 0.524. The number of ether oxygens (including phenoxy) is 1. The number of hydrogen-bond acceptors (Lipinski definition) is 3. The Morgan fingerprint density at radius 1 is 1.22 bits per heavy atom. The normalized spacial score (nSPS) is 12.8. The third-order valence-corrected chi connectivity index (χ3v) is 2.91. The van der Waals surface area contributed by atoms with Crippen molar-refractivity contribution in [2.75, 3.05) is 20.3 Å². The van der Waals surface area contributed by atoms with Crippen molar-refractivity contribution in [2.45, 2.75) is 13.5 Å². The molecule has 0 saturated heterocycles. The Morgan fingerprint density at radius 2 is 2.06 bits per heavy atom. The average Bonchev–Trinajstić information content (AvgIpc) is 2.39. The Labute approximate surface area is 108 Å². The number of benzene rings is 1. The minimum atomic E-state index is 0.524.